The Morgan fingerprint density at radius 2 is 1.77 bits per heavy atom. The molecule has 2 aromatic carbocycles. The van der Waals surface area contributed by atoms with Crippen LogP contribution in [0.4, 0.5) is 5.88 Å². The summed E-state index contributed by atoms with van der Waals surface area (Å²) in [5.74, 6) is 0.438. The van der Waals surface area contributed by atoms with Gasteiger partial charge in [-0.3, -0.25) is 0 Å². The molecule has 1 N–H and O–H groups in total. The molecule has 7 heteroatoms. The molecule has 0 aliphatic rings. The van der Waals surface area contributed by atoms with Gasteiger partial charge in [0.1, 0.15) is 0 Å². The Labute approximate surface area is 161 Å². The van der Waals surface area contributed by atoms with Gasteiger partial charge in [0.05, 0.1) is 4.90 Å². The summed E-state index contributed by atoms with van der Waals surface area (Å²) in [5.41, 5.74) is 0.719. The SMILES string of the molecule is CCC(C)Nc1oc(-c2ccccc2)nc1S(=O)(=O)c1ccc(Br)cc1. The van der Waals surface area contributed by atoms with Crippen molar-refractivity contribution in [1.29, 1.82) is 0 Å². The van der Waals surface area contributed by atoms with Crippen LogP contribution in [0.1, 0.15) is 20.3 Å². The molecule has 1 atom stereocenters. The van der Waals surface area contributed by atoms with Gasteiger partial charge in [-0.05, 0) is 49.7 Å². The van der Waals surface area contributed by atoms with Gasteiger partial charge in [0.25, 0.3) is 0 Å². The normalized spacial score (nSPS) is 12.7. The van der Waals surface area contributed by atoms with Crippen molar-refractivity contribution in [3.05, 3.63) is 59.1 Å². The Morgan fingerprint density at radius 1 is 1.12 bits per heavy atom. The van der Waals surface area contributed by atoms with Gasteiger partial charge in [-0.15, -0.1) is 0 Å². The smallest absolute Gasteiger partial charge is 0.234 e. The lowest BCUT2D eigenvalue weighted by Crippen LogP contribution is -2.15. The largest absolute Gasteiger partial charge is 0.419 e. The lowest BCUT2D eigenvalue weighted by Gasteiger charge is -2.11. The van der Waals surface area contributed by atoms with E-state index in [-0.39, 0.29) is 27.7 Å². The molecular weight excluding hydrogens is 416 g/mol. The summed E-state index contributed by atoms with van der Waals surface area (Å²) in [4.78, 5) is 4.48. The maximum Gasteiger partial charge on any atom is 0.234 e. The fourth-order valence-corrected chi connectivity index (χ4v) is 3.86. The minimum atomic E-state index is -3.82. The molecule has 3 aromatic rings. The van der Waals surface area contributed by atoms with Crippen LogP contribution in [0, 0.1) is 0 Å². The molecule has 0 bridgehead atoms. The molecule has 3 rings (SSSR count). The van der Waals surface area contributed by atoms with E-state index >= 15 is 0 Å². The van der Waals surface area contributed by atoms with Crippen molar-refractivity contribution in [3.8, 4) is 11.5 Å². The van der Waals surface area contributed by atoms with E-state index < -0.39 is 9.84 Å². The van der Waals surface area contributed by atoms with Crippen molar-refractivity contribution < 1.29 is 12.8 Å². The zero-order chi connectivity index (χ0) is 18.7. The van der Waals surface area contributed by atoms with E-state index in [0.717, 1.165) is 16.5 Å². The predicted molar refractivity (Wildman–Crippen MR) is 105 cm³/mol. The fourth-order valence-electron chi connectivity index (χ4n) is 2.33. The van der Waals surface area contributed by atoms with E-state index in [1.165, 1.54) is 0 Å². The molecule has 5 nitrogen and oxygen atoms in total. The molecule has 0 aliphatic heterocycles. The van der Waals surface area contributed by atoms with Gasteiger partial charge >= 0.3 is 0 Å². The number of nitrogens with one attached hydrogen (secondary N) is 1. The van der Waals surface area contributed by atoms with Crippen LogP contribution in [-0.4, -0.2) is 19.4 Å². The molecular formula is C19H19BrN2O3S. The van der Waals surface area contributed by atoms with Crippen LogP contribution in [0.3, 0.4) is 0 Å². The van der Waals surface area contributed by atoms with Gasteiger partial charge in [-0.1, -0.05) is 41.1 Å². The lowest BCUT2D eigenvalue weighted by molar-refractivity contribution is 0.566. The average Bonchev–Trinajstić information content (AvgIpc) is 3.07. The second-order valence-electron chi connectivity index (χ2n) is 5.93. The second kappa shape index (κ2) is 7.63. The Bertz CT molecular complexity index is 983. The molecule has 0 fully saturated rings. The average molecular weight is 435 g/mol. The monoisotopic (exact) mass is 434 g/mol. The Balaban J connectivity index is 2.12. The molecule has 0 amide bonds. The van der Waals surface area contributed by atoms with Crippen LogP contribution in [0.2, 0.25) is 0 Å². The molecule has 136 valence electrons. The minimum absolute atomic E-state index is 0.0467. The molecule has 0 spiro atoms. The number of nitrogens with zero attached hydrogens (tertiary/aromatic N) is 1. The van der Waals surface area contributed by atoms with Crippen LogP contribution in [0.25, 0.3) is 11.5 Å². The molecule has 0 saturated heterocycles. The first-order valence-corrected chi connectivity index (χ1v) is 10.5. The van der Waals surface area contributed by atoms with E-state index in [1.54, 1.807) is 24.3 Å². The fraction of sp³-hybridized carbons (Fsp3) is 0.211. The highest BCUT2D eigenvalue weighted by Gasteiger charge is 2.29. The highest BCUT2D eigenvalue weighted by Crippen LogP contribution is 2.33. The molecule has 0 aliphatic carbocycles. The van der Waals surface area contributed by atoms with E-state index in [1.807, 2.05) is 44.2 Å². The van der Waals surface area contributed by atoms with Crippen molar-refractivity contribution in [1.82, 2.24) is 4.98 Å². The van der Waals surface area contributed by atoms with Crippen LogP contribution >= 0.6 is 15.9 Å². The molecule has 0 saturated carbocycles. The maximum atomic E-state index is 13.1. The van der Waals surface area contributed by atoms with Crippen molar-refractivity contribution in [2.24, 2.45) is 0 Å². The Morgan fingerprint density at radius 3 is 2.38 bits per heavy atom. The number of hydrogen-bond donors (Lipinski definition) is 1. The van der Waals surface area contributed by atoms with E-state index in [2.05, 4.69) is 26.2 Å². The molecule has 26 heavy (non-hydrogen) atoms. The topological polar surface area (TPSA) is 72.2 Å². The summed E-state index contributed by atoms with van der Waals surface area (Å²) in [6.45, 7) is 3.97. The van der Waals surface area contributed by atoms with Gasteiger partial charge in [0.2, 0.25) is 26.6 Å². The van der Waals surface area contributed by atoms with Crippen molar-refractivity contribution >= 4 is 31.7 Å². The van der Waals surface area contributed by atoms with E-state index in [0.29, 0.717) is 0 Å². The number of halogens is 1. The summed E-state index contributed by atoms with van der Waals surface area (Å²) < 4.78 is 32.8. The summed E-state index contributed by atoms with van der Waals surface area (Å²) in [7, 11) is -3.82. The third kappa shape index (κ3) is 3.83. The number of anilines is 1. The second-order valence-corrected chi connectivity index (χ2v) is 8.71. The van der Waals surface area contributed by atoms with E-state index in [4.69, 9.17) is 4.42 Å². The summed E-state index contributed by atoms with van der Waals surface area (Å²) in [5, 5.41) is 3.02. The molecule has 1 heterocycles. The number of benzene rings is 2. The standard InChI is InChI=1S/C19H19BrN2O3S/c1-3-13(2)21-18-19(22-17(25-18)14-7-5-4-6-8-14)26(23,24)16-11-9-15(20)10-12-16/h4-13,21H,3H2,1-2H3. The summed E-state index contributed by atoms with van der Waals surface area (Å²) in [6.07, 6.45) is 0.819. The van der Waals surface area contributed by atoms with Gasteiger partial charge in [0, 0.05) is 16.1 Å². The zero-order valence-corrected chi connectivity index (χ0v) is 16.8. The van der Waals surface area contributed by atoms with Gasteiger partial charge in [-0.25, -0.2) is 8.42 Å². The maximum absolute atomic E-state index is 13.1. The highest BCUT2D eigenvalue weighted by atomic mass is 79.9. The van der Waals surface area contributed by atoms with Crippen LogP contribution in [0.5, 0.6) is 0 Å². The van der Waals surface area contributed by atoms with Crippen molar-refractivity contribution in [2.45, 2.75) is 36.2 Å². The number of hydrogen-bond acceptors (Lipinski definition) is 5. The molecule has 0 radical (unpaired) electrons. The third-order valence-corrected chi connectivity index (χ3v) is 6.19. The summed E-state index contributed by atoms with van der Waals surface area (Å²) in [6, 6.07) is 15.7. The Kier molecular flexibility index (Phi) is 5.48. The molecule has 1 aromatic heterocycles. The Hall–Kier alpha value is -2.12. The van der Waals surface area contributed by atoms with Crippen molar-refractivity contribution in [2.75, 3.05) is 5.32 Å². The van der Waals surface area contributed by atoms with Gasteiger partial charge < -0.3 is 9.73 Å². The van der Waals surface area contributed by atoms with Crippen molar-refractivity contribution in [3.63, 3.8) is 0 Å². The van der Waals surface area contributed by atoms with Crippen LogP contribution in [0.15, 0.2) is 73.4 Å². The van der Waals surface area contributed by atoms with Gasteiger partial charge in [0.15, 0.2) is 0 Å². The first-order chi connectivity index (χ1) is 12.4. The zero-order valence-electron chi connectivity index (χ0n) is 14.4. The predicted octanol–water partition coefficient (Wildman–Crippen LogP) is 5.15. The lowest BCUT2D eigenvalue weighted by atomic mass is 10.2. The quantitative estimate of drug-likeness (QED) is 0.580. The number of aromatic nitrogens is 1. The van der Waals surface area contributed by atoms with Crippen LogP contribution in [-0.2, 0) is 9.84 Å². The number of rotatable bonds is 6. The number of oxazole rings is 1. The van der Waals surface area contributed by atoms with Crippen LogP contribution < -0.4 is 5.32 Å². The first-order valence-electron chi connectivity index (χ1n) is 8.25. The first kappa shape index (κ1) is 18.7. The number of sulfone groups is 1. The third-order valence-electron chi connectivity index (χ3n) is 3.99. The minimum Gasteiger partial charge on any atom is -0.419 e. The van der Waals surface area contributed by atoms with Gasteiger partial charge in [-0.2, -0.15) is 4.98 Å². The highest BCUT2D eigenvalue weighted by molar-refractivity contribution is 9.10. The summed E-state index contributed by atoms with van der Waals surface area (Å²) >= 11 is 3.32. The van der Waals surface area contributed by atoms with E-state index in [9.17, 15) is 8.42 Å². The molecule has 1 unspecified atom stereocenters.